The van der Waals surface area contributed by atoms with Gasteiger partial charge in [0.15, 0.2) is 17.1 Å². The highest BCUT2D eigenvalue weighted by molar-refractivity contribution is 5.95. The van der Waals surface area contributed by atoms with Gasteiger partial charge < -0.3 is 4.42 Å². The zero-order chi connectivity index (χ0) is 17.8. The van der Waals surface area contributed by atoms with Gasteiger partial charge in [-0.2, -0.15) is 0 Å². The summed E-state index contributed by atoms with van der Waals surface area (Å²) in [7, 11) is 0. The van der Waals surface area contributed by atoms with Gasteiger partial charge in [0.25, 0.3) is 0 Å². The Morgan fingerprint density at radius 1 is 1.04 bits per heavy atom. The van der Waals surface area contributed by atoms with Crippen molar-refractivity contribution in [3.05, 3.63) is 59.9 Å². The van der Waals surface area contributed by atoms with Crippen molar-refractivity contribution in [2.75, 3.05) is 0 Å². The van der Waals surface area contributed by atoms with Gasteiger partial charge in [-0.25, -0.2) is 19.5 Å². The van der Waals surface area contributed by atoms with E-state index in [4.69, 9.17) is 9.40 Å². The van der Waals surface area contributed by atoms with Crippen molar-refractivity contribution in [2.45, 2.75) is 20.8 Å². The SMILES string of the molecule is Cc1ccnc(-n2c(C)c(C)c3c2ncn2nc(-c4ccco4)nc32)c1. The molecule has 5 aromatic heterocycles. The average Bonchev–Trinajstić information content (AvgIpc) is 3.34. The van der Waals surface area contributed by atoms with E-state index in [0.717, 1.165) is 39.3 Å². The van der Waals surface area contributed by atoms with Gasteiger partial charge >= 0.3 is 0 Å². The summed E-state index contributed by atoms with van der Waals surface area (Å²) in [6, 6.07) is 7.70. The van der Waals surface area contributed by atoms with Crippen molar-refractivity contribution in [1.82, 2.24) is 29.1 Å². The van der Waals surface area contributed by atoms with Crippen LogP contribution >= 0.6 is 0 Å². The lowest BCUT2D eigenvalue weighted by Crippen LogP contribution is -2.01. The molecule has 0 radical (unpaired) electrons. The fourth-order valence-electron chi connectivity index (χ4n) is 3.29. The second-order valence-electron chi connectivity index (χ2n) is 6.36. The lowest BCUT2D eigenvalue weighted by Gasteiger charge is -2.07. The summed E-state index contributed by atoms with van der Waals surface area (Å²) in [5, 5.41) is 5.47. The van der Waals surface area contributed by atoms with Crippen molar-refractivity contribution in [1.29, 1.82) is 0 Å². The average molecular weight is 344 g/mol. The maximum absolute atomic E-state index is 5.43. The molecule has 5 aromatic rings. The zero-order valence-electron chi connectivity index (χ0n) is 14.6. The van der Waals surface area contributed by atoms with E-state index >= 15 is 0 Å². The second kappa shape index (κ2) is 5.26. The summed E-state index contributed by atoms with van der Waals surface area (Å²) in [6.45, 7) is 6.20. The topological polar surface area (TPSA) is 74.0 Å². The van der Waals surface area contributed by atoms with Gasteiger partial charge in [0.1, 0.15) is 12.1 Å². The highest BCUT2D eigenvalue weighted by atomic mass is 16.3. The predicted molar refractivity (Wildman–Crippen MR) is 97.3 cm³/mol. The number of rotatable bonds is 2. The van der Waals surface area contributed by atoms with E-state index in [2.05, 4.69) is 46.5 Å². The van der Waals surface area contributed by atoms with Crippen LogP contribution in [0.25, 0.3) is 34.1 Å². The molecule has 0 N–H and O–H groups in total. The Labute approximate surface area is 149 Å². The number of pyridine rings is 1. The van der Waals surface area contributed by atoms with Crippen LogP contribution in [0.5, 0.6) is 0 Å². The summed E-state index contributed by atoms with van der Waals surface area (Å²) in [5.41, 5.74) is 4.93. The fourth-order valence-corrected chi connectivity index (χ4v) is 3.29. The van der Waals surface area contributed by atoms with E-state index in [0.29, 0.717) is 11.6 Å². The van der Waals surface area contributed by atoms with Crippen LogP contribution in [0, 0.1) is 20.8 Å². The van der Waals surface area contributed by atoms with Gasteiger partial charge in [0.05, 0.1) is 11.6 Å². The van der Waals surface area contributed by atoms with Crippen LogP contribution in [0.4, 0.5) is 0 Å². The minimum atomic E-state index is 0.544. The monoisotopic (exact) mass is 344 g/mol. The van der Waals surface area contributed by atoms with Crippen molar-refractivity contribution in [3.8, 4) is 17.4 Å². The third-order valence-corrected chi connectivity index (χ3v) is 4.70. The number of hydrogen-bond donors (Lipinski definition) is 0. The number of fused-ring (bicyclic) bond motifs is 3. The van der Waals surface area contributed by atoms with Crippen LogP contribution < -0.4 is 0 Å². The third kappa shape index (κ3) is 2.00. The van der Waals surface area contributed by atoms with E-state index in [1.165, 1.54) is 0 Å². The van der Waals surface area contributed by atoms with Crippen LogP contribution in [-0.4, -0.2) is 29.1 Å². The smallest absolute Gasteiger partial charge is 0.217 e. The molecule has 7 heteroatoms. The molecule has 0 spiro atoms. The van der Waals surface area contributed by atoms with E-state index < -0.39 is 0 Å². The van der Waals surface area contributed by atoms with Gasteiger partial charge in [-0.1, -0.05) is 0 Å². The molecule has 0 aliphatic rings. The Kier molecular flexibility index (Phi) is 3.00. The van der Waals surface area contributed by atoms with E-state index in [1.54, 1.807) is 17.1 Å². The number of hydrogen-bond acceptors (Lipinski definition) is 5. The number of aryl methyl sites for hydroxylation is 2. The molecule has 0 aromatic carbocycles. The number of nitrogens with zero attached hydrogens (tertiary/aromatic N) is 6. The third-order valence-electron chi connectivity index (χ3n) is 4.70. The van der Waals surface area contributed by atoms with Crippen LogP contribution in [0.3, 0.4) is 0 Å². The summed E-state index contributed by atoms with van der Waals surface area (Å²) >= 11 is 0. The standard InChI is InChI=1S/C19H16N6O/c1-11-6-7-20-15(9-11)25-13(3)12(2)16-18(25)21-10-24-19(16)22-17(23-24)14-5-4-8-26-14/h4-10H,1-3H3. The Bertz CT molecular complexity index is 1260. The molecule has 0 saturated carbocycles. The fraction of sp³-hybridized carbons (Fsp3) is 0.158. The molecule has 0 fully saturated rings. The molecule has 0 amide bonds. The molecule has 0 aliphatic carbocycles. The Balaban J connectivity index is 1.84. The number of aromatic nitrogens is 6. The Hall–Kier alpha value is -3.48. The van der Waals surface area contributed by atoms with Crippen molar-refractivity contribution in [3.63, 3.8) is 0 Å². The molecule has 0 saturated heterocycles. The molecule has 128 valence electrons. The van der Waals surface area contributed by atoms with Crippen LogP contribution in [0.15, 0.2) is 47.5 Å². The Morgan fingerprint density at radius 3 is 2.69 bits per heavy atom. The molecular formula is C19H16N6O. The lowest BCUT2D eigenvalue weighted by atomic mass is 10.2. The maximum atomic E-state index is 5.43. The van der Waals surface area contributed by atoms with Gasteiger partial charge in [0, 0.05) is 11.9 Å². The van der Waals surface area contributed by atoms with Crippen molar-refractivity contribution < 1.29 is 4.42 Å². The van der Waals surface area contributed by atoms with Crippen molar-refractivity contribution in [2.24, 2.45) is 0 Å². The summed E-state index contributed by atoms with van der Waals surface area (Å²) < 4.78 is 9.19. The number of furan rings is 1. The van der Waals surface area contributed by atoms with Gasteiger partial charge in [-0.15, -0.1) is 5.10 Å². The largest absolute Gasteiger partial charge is 0.461 e. The molecular weight excluding hydrogens is 328 g/mol. The molecule has 0 bridgehead atoms. The summed E-state index contributed by atoms with van der Waals surface area (Å²) in [6.07, 6.45) is 5.11. The first-order valence-electron chi connectivity index (χ1n) is 8.33. The van der Waals surface area contributed by atoms with Crippen molar-refractivity contribution >= 4 is 16.7 Å². The minimum absolute atomic E-state index is 0.544. The van der Waals surface area contributed by atoms with E-state index in [-0.39, 0.29) is 0 Å². The highest BCUT2D eigenvalue weighted by Crippen LogP contribution is 2.30. The van der Waals surface area contributed by atoms with Gasteiger partial charge in [-0.3, -0.25) is 4.57 Å². The Morgan fingerprint density at radius 2 is 1.92 bits per heavy atom. The lowest BCUT2D eigenvalue weighted by molar-refractivity contribution is 0.577. The molecule has 5 rings (SSSR count). The van der Waals surface area contributed by atoms with Gasteiger partial charge in [-0.05, 0) is 56.2 Å². The van der Waals surface area contributed by atoms with Crippen LogP contribution in [0.2, 0.25) is 0 Å². The molecule has 0 aliphatic heterocycles. The van der Waals surface area contributed by atoms with Crippen LogP contribution in [-0.2, 0) is 0 Å². The maximum Gasteiger partial charge on any atom is 0.217 e. The minimum Gasteiger partial charge on any atom is -0.461 e. The predicted octanol–water partition coefficient (Wildman–Crippen LogP) is 3.65. The summed E-state index contributed by atoms with van der Waals surface area (Å²) in [5.74, 6) is 2.03. The molecule has 5 heterocycles. The first-order valence-corrected chi connectivity index (χ1v) is 8.33. The molecule has 0 unspecified atom stereocenters. The molecule has 26 heavy (non-hydrogen) atoms. The van der Waals surface area contributed by atoms with Gasteiger partial charge in [0.2, 0.25) is 5.82 Å². The van der Waals surface area contributed by atoms with E-state index in [1.807, 2.05) is 24.4 Å². The molecule has 7 nitrogen and oxygen atoms in total. The summed E-state index contributed by atoms with van der Waals surface area (Å²) in [4.78, 5) is 13.9. The highest BCUT2D eigenvalue weighted by Gasteiger charge is 2.20. The normalized spacial score (nSPS) is 11.7. The van der Waals surface area contributed by atoms with E-state index in [9.17, 15) is 0 Å². The van der Waals surface area contributed by atoms with Crippen LogP contribution in [0.1, 0.15) is 16.8 Å². The first kappa shape index (κ1) is 14.8. The first-order chi connectivity index (χ1) is 12.6. The zero-order valence-corrected chi connectivity index (χ0v) is 14.6. The molecule has 0 atom stereocenters. The second-order valence-corrected chi connectivity index (χ2v) is 6.36. The quantitative estimate of drug-likeness (QED) is 0.489.